The van der Waals surface area contributed by atoms with E-state index in [4.69, 9.17) is 0 Å². The Hall–Kier alpha value is -1.16. The maximum Gasteiger partial charge on any atom is 0.252 e. The van der Waals surface area contributed by atoms with E-state index in [2.05, 4.69) is 23.7 Å². The summed E-state index contributed by atoms with van der Waals surface area (Å²) in [6, 6.07) is 1.82. The molecule has 1 aromatic heterocycles. The van der Waals surface area contributed by atoms with Gasteiger partial charge in [0.05, 0.1) is 0 Å². The molecule has 1 unspecified atom stereocenters. The van der Waals surface area contributed by atoms with E-state index >= 15 is 0 Å². The van der Waals surface area contributed by atoms with Gasteiger partial charge in [0, 0.05) is 23.8 Å². The van der Waals surface area contributed by atoms with Gasteiger partial charge in [-0.15, -0.1) is 0 Å². The van der Waals surface area contributed by atoms with Crippen LogP contribution in [0.4, 0.5) is 4.39 Å². The molecule has 1 saturated heterocycles. The van der Waals surface area contributed by atoms with Crippen LogP contribution in [0.15, 0.2) is 17.1 Å². The molecule has 0 aromatic carbocycles. The second-order valence-corrected chi connectivity index (χ2v) is 4.59. The average Bonchev–Trinajstić information content (AvgIpc) is 2.70. The number of halogens is 1. The van der Waals surface area contributed by atoms with Crippen LogP contribution in [0.2, 0.25) is 0 Å². The van der Waals surface area contributed by atoms with Crippen LogP contribution in [0.1, 0.15) is 38.3 Å². The molecule has 1 N–H and O–H groups in total. The van der Waals surface area contributed by atoms with Gasteiger partial charge >= 0.3 is 0 Å². The molecule has 16 heavy (non-hydrogen) atoms. The van der Waals surface area contributed by atoms with Gasteiger partial charge in [0.1, 0.15) is 5.82 Å². The average molecular weight is 224 g/mol. The van der Waals surface area contributed by atoms with E-state index in [-0.39, 0.29) is 17.4 Å². The van der Waals surface area contributed by atoms with Crippen LogP contribution in [-0.2, 0) is 0 Å². The van der Waals surface area contributed by atoms with Gasteiger partial charge in [0.2, 0.25) is 0 Å². The molecular formula is C12H17FN2O. The summed E-state index contributed by atoms with van der Waals surface area (Å²) in [7, 11) is 0. The third-order valence-electron chi connectivity index (χ3n) is 3.21. The monoisotopic (exact) mass is 224 g/mol. The molecule has 1 fully saturated rings. The Kier molecular flexibility index (Phi) is 3.10. The molecule has 4 heteroatoms. The molecule has 2 rings (SSSR count). The van der Waals surface area contributed by atoms with Crippen LogP contribution in [0.3, 0.4) is 0 Å². The number of pyridine rings is 1. The SMILES string of the molecule is CC(C)N1CCCC1c1cc(F)c[nH]c1=O. The fourth-order valence-corrected chi connectivity index (χ4v) is 2.46. The third-order valence-corrected chi connectivity index (χ3v) is 3.21. The minimum Gasteiger partial charge on any atom is -0.326 e. The number of hydrogen-bond acceptors (Lipinski definition) is 2. The Morgan fingerprint density at radius 3 is 3.00 bits per heavy atom. The summed E-state index contributed by atoms with van der Waals surface area (Å²) < 4.78 is 13.1. The highest BCUT2D eigenvalue weighted by molar-refractivity contribution is 5.17. The Morgan fingerprint density at radius 2 is 2.31 bits per heavy atom. The van der Waals surface area contributed by atoms with Crippen molar-refractivity contribution in [2.45, 2.75) is 38.8 Å². The molecular weight excluding hydrogens is 207 g/mol. The Balaban J connectivity index is 2.36. The fraction of sp³-hybridized carbons (Fsp3) is 0.583. The standard InChI is InChI=1S/C12H17FN2O/c1-8(2)15-5-3-4-11(15)10-6-9(13)7-14-12(10)16/h6-8,11H,3-5H2,1-2H3,(H,14,16). The van der Waals surface area contributed by atoms with Gasteiger partial charge in [0.25, 0.3) is 5.56 Å². The van der Waals surface area contributed by atoms with E-state index in [0.29, 0.717) is 11.6 Å². The van der Waals surface area contributed by atoms with Gasteiger partial charge in [-0.3, -0.25) is 9.69 Å². The Labute approximate surface area is 94.3 Å². The van der Waals surface area contributed by atoms with E-state index in [9.17, 15) is 9.18 Å². The number of aromatic nitrogens is 1. The zero-order valence-corrected chi connectivity index (χ0v) is 9.66. The van der Waals surface area contributed by atoms with Crippen LogP contribution in [0.25, 0.3) is 0 Å². The summed E-state index contributed by atoms with van der Waals surface area (Å²) in [6.07, 6.45) is 3.12. The number of aromatic amines is 1. The van der Waals surface area contributed by atoms with Gasteiger partial charge in [-0.1, -0.05) is 0 Å². The normalized spacial score (nSPS) is 21.9. The first kappa shape index (κ1) is 11.3. The summed E-state index contributed by atoms with van der Waals surface area (Å²) in [4.78, 5) is 16.4. The third kappa shape index (κ3) is 2.02. The molecule has 0 amide bonds. The summed E-state index contributed by atoms with van der Waals surface area (Å²) >= 11 is 0. The number of nitrogens with zero attached hydrogens (tertiary/aromatic N) is 1. The molecule has 0 spiro atoms. The maximum atomic E-state index is 13.1. The van der Waals surface area contributed by atoms with Crippen molar-refractivity contribution in [2.24, 2.45) is 0 Å². The summed E-state index contributed by atoms with van der Waals surface area (Å²) in [5, 5.41) is 0. The summed E-state index contributed by atoms with van der Waals surface area (Å²) in [6.45, 7) is 5.19. The van der Waals surface area contributed by atoms with E-state index in [1.54, 1.807) is 0 Å². The topological polar surface area (TPSA) is 36.1 Å². The zero-order chi connectivity index (χ0) is 11.7. The van der Waals surface area contributed by atoms with Crippen molar-refractivity contribution in [1.29, 1.82) is 0 Å². The lowest BCUT2D eigenvalue weighted by Crippen LogP contribution is -2.33. The molecule has 0 bridgehead atoms. The fourth-order valence-electron chi connectivity index (χ4n) is 2.46. The second kappa shape index (κ2) is 4.37. The highest BCUT2D eigenvalue weighted by atomic mass is 19.1. The van der Waals surface area contributed by atoms with Gasteiger partial charge < -0.3 is 4.98 Å². The predicted octanol–water partition coefficient (Wildman–Crippen LogP) is 2.06. The van der Waals surface area contributed by atoms with Crippen LogP contribution in [0, 0.1) is 5.82 Å². The highest BCUT2D eigenvalue weighted by Crippen LogP contribution is 2.31. The first-order chi connectivity index (χ1) is 7.59. The number of hydrogen-bond donors (Lipinski definition) is 1. The molecule has 0 saturated carbocycles. The molecule has 0 radical (unpaired) electrons. The van der Waals surface area contributed by atoms with Crippen molar-refractivity contribution in [1.82, 2.24) is 9.88 Å². The van der Waals surface area contributed by atoms with Crippen molar-refractivity contribution in [3.05, 3.63) is 34.0 Å². The molecule has 3 nitrogen and oxygen atoms in total. The van der Waals surface area contributed by atoms with E-state index in [0.717, 1.165) is 25.6 Å². The first-order valence-electron chi connectivity index (χ1n) is 5.73. The van der Waals surface area contributed by atoms with E-state index in [1.165, 1.54) is 6.07 Å². The number of nitrogens with one attached hydrogen (secondary N) is 1. The van der Waals surface area contributed by atoms with Gasteiger partial charge in [-0.2, -0.15) is 0 Å². The first-order valence-corrected chi connectivity index (χ1v) is 5.73. The largest absolute Gasteiger partial charge is 0.326 e. The molecule has 1 aliphatic heterocycles. The lowest BCUT2D eigenvalue weighted by molar-refractivity contribution is 0.204. The lowest BCUT2D eigenvalue weighted by atomic mass is 10.1. The highest BCUT2D eigenvalue weighted by Gasteiger charge is 2.29. The van der Waals surface area contributed by atoms with Gasteiger partial charge in [-0.05, 0) is 39.3 Å². The van der Waals surface area contributed by atoms with Crippen molar-refractivity contribution in [2.75, 3.05) is 6.54 Å². The molecule has 1 atom stereocenters. The quantitative estimate of drug-likeness (QED) is 0.834. The molecule has 1 aliphatic rings. The van der Waals surface area contributed by atoms with Crippen molar-refractivity contribution in [3.8, 4) is 0 Å². The predicted molar refractivity (Wildman–Crippen MR) is 60.8 cm³/mol. The molecule has 1 aromatic rings. The minimum atomic E-state index is -0.370. The summed E-state index contributed by atoms with van der Waals surface area (Å²) in [5.41, 5.74) is 0.394. The van der Waals surface area contributed by atoms with Crippen LogP contribution < -0.4 is 5.56 Å². The molecule has 0 aliphatic carbocycles. The Bertz CT molecular complexity index is 427. The number of rotatable bonds is 2. The second-order valence-electron chi connectivity index (χ2n) is 4.59. The minimum absolute atomic E-state index is 0.0689. The zero-order valence-electron chi connectivity index (χ0n) is 9.66. The maximum absolute atomic E-state index is 13.1. The van der Waals surface area contributed by atoms with Crippen LogP contribution in [-0.4, -0.2) is 22.5 Å². The van der Waals surface area contributed by atoms with Gasteiger partial charge in [0.15, 0.2) is 0 Å². The van der Waals surface area contributed by atoms with Crippen molar-refractivity contribution < 1.29 is 4.39 Å². The number of H-pyrrole nitrogens is 1. The van der Waals surface area contributed by atoms with Crippen molar-refractivity contribution >= 4 is 0 Å². The van der Waals surface area contributed by atoms with Crippen LogP contribution >= 0.6 is 0 Å². The number of likely N-dealkylation sites (tertiary alicyclic amines) is 1. The van der Waals surface area contributed by atoms with Crippen molar-refractivity contribution in [3.63, 3.8) is 0 Å². The Morgan fingerprint density at radius 1 is 1.56 bits per heavy atom. The molecule has 2 heterocycles. The summed E-state index contributed by atoms with van der Waals surface area (Å²) in [5.74, 6) is -0.370. The van der Waals surface area contributed by atoms with Crippen LogP contribution in [0.5, 0.6) is 0 Å². The van der Waals surface area contributed by atoms with Gasteiger partial charge in [-0.25, -0.2) is 4.39 Å². The van der Waals surface area contributed by atoms with E-state index in [1.807, 2.05) is 0 Å². The lowest BCUT2D eigenvalue weighted by Gasteiger charge is -2.27. The van der Waals surface area contributed by atoms with E-state index < -0.39 is 0 Å². The smallest absolute Gasteiger partial charge is 0.252 e. The molecule has 88 valence electrons.